The van der Waals surface area contributed by atoms with Crippen LogP contribution in [0.4, 0.5) is 0 Å². The van der Waals surface area contributed by atoms with Gasteiger partial charge in [-0.25, -0.2) is 0 Å². The lowest BCUT2D eigenvalue weighted by Gasteiger charge is -2.10. The summed E-state index contributed by atoms with van der Waals surface area (Å²) in [5.74, 6) is -0.375. The molecule has 144 valence electrons. The number of amides is 2. The molecule has 0 atom stereocenters. The van der Waals surface area contributed by atoms with E-state index in [0.717, 1.165) is 16.7 Å². The van der Waals surface area contributed by atoms with Crippen molar-refractivity contribution >= 4 is 27.7 Å². The zero-order valence-corrected chi connectivity index (χ0v) is 17.0. The van der Waals surface area contributed by atoms with Gasteiger partial charge < -0.3 is 4.74 Å². The van der Waals surface area contributed by atoms with Gasteiger partial charge in [-0.15, -0.1) is 0 Å². The first-order valence-corrected chi connectivity index (χ1v) is 9.33. The predicted molar refractivity (Wildman–Crippen MR) is 109 cm³/mol. The molecule has 3 N–H and O–H groups in total. The first kappa shape index (κ1) is 19.6. The minimum atomic E-state index is -0.526. The lowest BCUT2D eigenvalue weighted by Crippen LogP contribution is -2.44. The Balaban J connectivity index is 1.56. The third kappa shape index (κ3) is 4.58. The van der Waals surface area contributed by atoms with Crippen LogP contribution < -0.4 is 15.6 Å². The summed E-state index contributed by atoms with van der Waals surface area (Å²) in [6.45, 7) is 3.62. The second-order valence-corrected chi connectivity index (χ2v) is 6.98. The number of carbonyl (C=O) groups is 2. The van der Waals surface area contributed by atoms with E-state index < -0.39 is 11.8 Å². The molecule has 3 rings (SSSR count). The lowest BCUT2D eigenvalue weighted by molar-refractivity contribution is -0.123. The molecule has 8 heteroatoms. The number of nitrogens with one attached hydrogen (secondary N) is 3. The summed E-state index contributed by atoms with van der Waals surface area (Å²) in [6, 6.07) is 15.2. The highest BCUT2D eigenvalue weighted by atomic mass is 79.9. The number of hydrogen-bond donors (Lipinski definition) is 3. The van der Waals surface area contributed by atoms with E-state index in [1.807, 2.05) is 62.4 Å². The molecule has 7 nitrogen and oxygen atoms in total. The van der Waals surface area contributed by atoms with Crippen LogP contribution in [0.2, 0.25) is 0 Å². The van der Waals surface area contributed by atoms with E-state index in [-0.39, 0.29) is 12.3 Å². The fraction of sp³-hybridized carbons (Fsp3) is 0.150. The highest BCUT2D eigenvalue weighted by Gasteiger charge is 2.18. The maximum Gasteiger partial charge on any atom is 0.288 e. The van der Waals surface area contributed by atoms with E-state index in [2.05, 4.69) is 37.0 Å². The molecule has 0 radical (unpaired) electrons. The Morgan fingerprint density at radius 1 is 1.11 bits per heavy atom. The third-order valence-electron chi connectivity index (χ3n) is 4.00. The Morgan fingerprint density at radius 2 is 1.86 bits per heavy atom. The van der Waals surface area contributed by atoms with E-state index in [1.54, 1.807) is 0 Å². The Labute approximate surface area is 170 Å². The molecule has 0 aliphatic carbocycles. The average molecular weight is 443 g/mol. The standard InChI is InChI=1S/C20H19BrN4O3/c1-12-8-9-13(2)15(10-12)28-11-16(26)22-25-20(27)19-17(21)18(23-24-19)14-6-4-3-5-7-14/h3-10H,11H2,1-2H3,(H,22,26)(H,23,24)(H,25,27). The molecule has 0 saturated carbocycles. The molecule has 2 amide bonds. The molecule has 2 aromatic carbocycles. The maximum absolute atomic E-state index is 12.3. The van der Waals surface area contributed by atoms with Crippen LogP contribution in [-0.2, 0) is 4.79 Å². The molecular formula is C20H19BrN4O3. The van der Waals surface area contributed by atoms with E-state index in [0.29, 0.717) is 15.9 Å². The molecule has 0 bridgehead atoms. The number of benzene rings is 2. The van der Waals surface area contributed by atoms with Gasteiger partial charge in [-0.2, -0.15) is 5.10 Å². The van der Waals surface area contributed by atoms with E-state index in [1.165, 1.54) is 0 Å². The molecule has 0 aliphatic rings. The first-order chi connectivity index (χ1) is 13.5. The van der Waals surface area contributed by atoms with Gasteiger partial charge in [-0.3, -0.25) is 25.5 Å². The monoisotopic (exact) mass is 442 g/mol. The van der Waals surface area contributed by atoms with Crippen LogP contribution in [0.25, 0.3) is 11.3 Å². The van der Waals surface area contributed by atoms with Gasteiger partial charge >= 0.3 is 0 Å². The van der Waals surface area contributed by atoms with Gasteiger partial charge in [0.05, 0.1) is 4.47 Å². The van der Waals surface area contributed by atoms with Crippen LogP contribution in [0.1, 0.15) is 21.6 Å². The topological polar surface area (TPSA) is 96.1 Å². The van der Waals surface area contributed by atoms with Crippen molar-refractivity contribution < 1.29 is 14.3 Å². The van der Waals surface area contributed by atoms with E-state index in [4.69, 9.17) is 4.74 Å². The number of ether oxygens (including phenoxy) is 1. The normalized spacial score (nSPS) is 10.4. The number of aromatic amines is 1. The SMILES string of the molecule is Cc1ccc(C)c(OCC(=O)NNC(=O)c2[nH]nc(-c3ccccc3)c2Br)c1. The van der Waals surface area contributed by atoms with Gasteiger partial charge in [-0.1, -0.05) is 42.5 Å². The highest BCUT2D eigenvalue weighted by molar-refractivity contribution is 9.10. The Morgan fingerprint density at radius 3 is 2.61 bits per heavy atom. The lowest BCUT2D eigenvalue weighted by atomic mass is 10.1. The summed E-state index contributed by atoms with van der Waals surface area (Å²) in [4.78, 5) is 24.3. The van der Waals surface area contributed by atoms with Crippen LogP contribution in [0, 0.1) is 13.8 Å². The fourth-order valence-corrected chi connectivity index (χ4v) is 3.08. The smallest absolute Gasteiger partial charge is 0.288 e. The van der Waals surface area contributed by atoms with Crippen molar-refractivity contribution in [3.05, 3.63) is 69.8 Å². The number of halogens is 1. The summed E-state index contributed by atoms with van der Waals surface area (Å²) >= 11 is 3.38. The van der Waals surface area contributed by atoms with Gasteiger partial charge in [-0.05, 0) is 47.0 Å². The molecular weight excluding hydrogens is 424 g/mol. The number of hydrogen-bond acceptors (Lipinski definition) is 4. The molecule has 28 heavy (non-hydrogen) atoms. The number of carbonyl (C=O) groups excluding carboxylic acids is 2. The number of hydrazine groups is 1. The number of H-pyrrole nitrogens is 1. The summed E-state index contributed by atoms with van der Waals surface area (Å²) in [5.41, 5.74) is 8.31. The molecule has 0 unspecified atom stereocenters. The van der Waals surface area contributed by atoms with Crippen LogP contribution in [0.5, 0.6) is 5.75 Å². The van der Waals surface area contributed by atoms with Gasteiger partial charge in [0, 0.05) is 5.56 Å². The van der Waals surface area contributed by atoms with Crippen molar-refractivity contribution in [2.75, 3.05) is 6.61 Å². The largest absolute Gasteiger partial charge is 0.483 e. The third-order valence-corrected chi connectivity index (χ3v) is 4.77. The van der Waals surface area contributed by atoms with Crippen molar-refractivity contribution in [2.45, 2.75) is 13.8 Å². The van der Waals surface area contributed by atoms with Crippen molar-refractivity contribution in [3.8, 4) is 17.0 Å². The zero-order valence-electron chi connectivity index (χ0n) is 15.4. The Bertz CT molecular complexity index is 1000. The number of aryl methyl sites for hydroxylation is 2. The van der Waals surface area contributed by atoms with Crippen molar-refractivity contribution in [2.24, 2.45) is 0 Å². The zero-order chi connectivity index (χ0) is 20.1. The molecule has 3 aromatic rings. The predicted octanol–water partition coefficient (Wildman–Crippen LogP) is 3.30. The number of rotatable bonds is 5. The summed E-state index contributed by atoms with van der Waals surface area (Å²) in [6.07, 6.45) is 0. The van der Waals surface area contributed by atoms with Gasteiger partial charge in [0.15, 0.2) is 6.61 Å². The van der Waals surface area contributed by atoms with E-state index in [9.17, 15) is 9.59 Å². The number of aromatic nitrogens is 2. The Kier molecular flexibility index (Phi) is 6.10. The van der Waals surface area contributed by atoms with Gasteiger partial charge in [0.25, 0.3) is 11.8 Å². The van der Waals surface area contributed by atoms with Gasteiger partial charge in [0.1, 0.15) is 17.1 Å². The van der Waals surface area contributed by atoms with Crippen molar-refractivity contribution in [3.63, 3.8) is 0 Å². The second-order valence-electron chi connectivity index (χ2n) is 6.19. The summed E-state index contributed by atoms with van der Waals surface area (Å²) < 4.78 is 6.02. The van der Waals surface area contributed by atoms with Crippen LogP contribution in [0.15, 0.2) is 53.0 Å². The minimum absolute atomic E-state index is 0.203. The highest BCUT2D eigenvalue weighted by Crippen LogP contribution is 2.28. The van der Waals surface area contributed by atoms with Crippen molar-refractivity contribution in [1.29, 1.82) is 0 Å². The Hall–Kier alpha value is -3.13. The average Bonchev–Trinajstić information content (AvgIpc) is 3.09. The molecule has 0 aliphatic heterocycles. The first-order valence-electron chi connectivity index (χ1n) is 8.54. The molecule has 1 heterocycles. The molecule has 1 aromatic heterocycles. The van der Waals surface area contributed by atoms with Crippen LogP contribution in [-0.4, -0.2) is 28.6 Å². The summed E-state index contributed by atoms with van der Waals surface area (Å²) in [7, 11) is 0. The van der Waals surface area contributed by atoms with Gasteiger partial charge in [0.2, 0.25) is 0 Å². The second kappa shape index (κ2) is 8.71. The number of nitrogens with zero attached hydrogens (tertiary/aromatic N) is 1. The van der Waals surface area contributed by atoms with Crippen LogP contribution >= 0.6 is 15.9 Å². The molecule has 0 fully saturated rings. The van der Waals surface area contributed by atoms with Crippen molar-refractivity contribution in [1.82, 2.24) is 21.0 Å². The molecule has 0 spiro atoms. The fourth-order valence-electron chi connectivity index (χ4n) is 2.50. The minimum Gasteiger partial charge on any atom is -0.483 e. The van der Waals surface area contributed by atoms with Crippen LogP contribution in [0.3, 0.4) is 0 Å². The molecule has 0 saturated heterocycles. The quantitative estimate of drug-likeness (QED) is 0.528. The summed E-state index contributed by atoms with van der Waals surface area (Å²) in [5, 5.41) is 6.83. The maximum atomic E-state index is 12.3. The van der Waals surface area contributed by atoms with E-state index >= 15 is 0 Å².